The molecular weight excluding hydrogens is 428 g/mol. The summed E-state index contributed by atoms with van der Waals surface area (Å²) in [5.74, 6) is -1.67. The summed E-state index contributed by atoms with van der Waals surface area (Å²) in [4.78, 5) is 38.5. The zero-order valence-corrected chi connectivity index (χ0v) is 17.0. The van der Waals surface area contributed by atoms with Crippen molar-refractivity contribution in [1.82, 2.24) is 5.32 Å². The number of urea groups is 1. The van der Waals surface area contributed by atoms with Crippen molar-refractivity contribution in [3.8, 4) is 11.5 Å². The number of benzene rings is 2. The normalized spacial score (nSPS) is 15.8. The van der Waals surface area contributed by atoms with Gasteiger partial charge in [-0.15, -0.1) is 0 Å². The monoisotopic (exact) mass is 444 g/mol. The van der Waals surface area contributed by atoms with Gasteiger partial charge in [-0.25, -0.2) is 9.69 Å². The molecule has 0 aliphatic carbocycles. The average Bonchev–Trinajstić information content (AvgIpc) is 2.60. The first-order valence-corrected chi connectivity index (χ1v) is 9.07. The van der Waals surface area contributed by atoms with Crippen molar-refractivity contribution >= 4 is 45.5 Å². The van der Waals surface area contributed by atoms with Gasteiger partial charge in [0.25, 0.3) is 11.8 Å². The lowest BCUT2D eigenvalue weighted by Gasteiger charge is -2.27. The molecule has 3 rings (SSSR count). The number of halogens is 1. The maximum Gasteiger partial charge on any atom is 0.335 e. The second-order valence-electron chi connectivity index (χ2n) is 6.35. The number of anilines is 1. The zero-order valence-electron chi connectivity index (χ0n) is 15.4. The lowest BCUT2D eigenvalue weighted by molar-refractivity contribution is -0.122. The number of hydrogen-bond acceptors (Lipinski definition) is 5. The summed E-state index contributed by atoms with van der Waals surface area (Å²) < 4.78 is 5.67. The van der Waals surface area contributed by atoms with Crippen LogP contribution >= 0.6 is 15.9 Å². The van der Waals surface area contributed by atoms with Gasteiger partial charge < -0.3 is 9.84 Å². The van der Waals surface area contributed by atoms with Crippen LogP contribution in [-0.2, 0) is 9.59 Å². The van der Waals surface area contributed by atoms with Gasteiger partial charge in [0.05, 0.1) is 12.8 Å². The highest BCUT2D eigenvalue weighted by atomic mass is 79.9. The van der Waals surface area contributed by atoms with E-state index in [4.69, 9.17) is 4.74 Å². The van der Waals surface area contributed by atoms with Crippen LogP contribution in [0.3, 0.4) is 0 Å². The van der Waals surface area contributed by atoms with Crippen molar-refractivity contribution < 1.29 is 24.2 Å². The molecule has 1 aliphatic heterocycles. The molecule has 2 aromatic carbocycles. The van der Waals surface area contributed by atoms with Gasteiger partial charge in [-0.3, -0.25) is 14.9 Å². The molecule has 28 heavy (non-hydrogen) atoms. The van der Waals surface area contributed by atoms with Crippen LogP contribution in [0.1, 0.15) is 16.7 Å². The Morgan fingerprint density at radius 2 is 1.71 bits per heavy atom. The van der Waals surface area contributed by atoms with E-state index in [1.165, 1.54) is 19.3 Å². The molecule has 8 heteroatoms. The summed E-state index contributed by atoms with van der Waals surface area (Å²) in [6.45, 7) is 3.69. The SMILES string of the molecule is COc1cc(Br)cc(C=C2C(=O)NC(=O)N(c3cc(C)cc(C)c3)C2=O)c1O. The molecule has 7 nitrogen and oxygen atoms in total. The summed E-state index contributed by atoms with van der Waals surface area (Å²) in [6, 6.07) is 7.51. The molecule has 0 radical (unpaired) electrons. The molecule has 1 fully saturated rings. The highest BCUT2D eigenvalue weighted by molar-refractivity contribution is 9.10. The number of amides is 4. The molecule has 1 heterocycles. The van der Waals surface area contributed by atoms with E-state index >= 15 is 0 Å². The zero-order chi connectivity index (χ0) is 20.6. The Morgan fingerprint density at radius 1 is 1.07 bits per heavy atom. The molecule has 144 valence electrons. The molecule has 0 aromatic heterocycles. The van der Waals surface area contributed by atoms with Gasteiger partial charge in [0.15, 0.2) is 11.5 Å². The Labute approximate surface area is 169 Å². The molecule has 0 atom stereocenters. The lowest BCUT2D eigenvalue weighted by atomic mass is 10.0. The Bertz CT molecular complexity index is 1020. The van der Waals surface area contributed by atoms with E-state index in [2.05, 4.69) is 21.2 Å². The van der Waals surface area contributed by atoms with Crippen LogP contribution < -0.4 is 15.0 Å². The van der Waals surface area contributed by atoms with Crippen LogP contribution in [-0.4, -0.2) is 30.1 Å². The van der Waals surface area contributed by atoms with Crippen molar-refractivity contribution in [1.29, 1.82) is 0 Å². The number of hydrogen-bond donors (Lipinski definition) is 2. The number of rotatable bonds is 3. The van der Waals surface area contributed by atoms with E-state index in [0.717, 1.165) is 16.0 Å². The summed E-state index contributed by atoms with van der Waals surface area (Å²) in [5.41, 5.74) is 2.00. The number of methoxy groups -OCH3 is 1. The van der Waals surface area contributed by atoms with Crippen LogP contribution in [0.25, 0.3) is 6.08 Å². The number of imide groups is 2. The van der Waals surface area contributed by atoms with Gasteiger partial charge >= 0.3 is 6.03 Å². The van der Waals surface area contributed by atoms with Crippen molar-refractivity contribution in [3.05, 3.63) is 57.1 Å². The van der Waals surface area contributed by atoms with E-state index in [9.17, 15) is 19.5 Å². The Morgan fingerprint density at radius 3 is 2.32 bits per heavy atom. The van der Waals surface area contributed by atoms with Crippen LogP contribution in [0.4, 0.5) is 10.5 Å². The number of phenolic OH excluding ortho intramolecular Hbond substituents is 1. The first kappa shape index (κ1) is 19.6. The fraction of sp³-hybridized carbons (Fsp3) is 0.150. The minimum absolute atomic E-state index is 0.173. The predicted octanol–water partition coefficient (Wildman–Crippen LogP) is 3.45. The van der Waals surface area contributed by atoms with E-state index in [1.54, 1.807) is 18.2 Å². The van der Waals surface area contributed by atoms with Gasteiger partial charge in [-0.1, -0.05) is 22.0 Å². The minimum Gasteiger partial charge on any atom is -0.504 e. The predicted molar refractivity (Wildman–Crippen MR) is 107 cm³/mol. The van der Waals surface area contributed by atoms with Crippen molar-refractivity contribution in [2.75, 3.05) is 12.0 Å². The number of carbonyl (C=O) groups excluding carboxylic acids is 3. The summed E-state index contributed by atoms with van der Waals surface area (Å²) >= 11 is 3.29. The number of ether oxygens (including phenoxy) is 1. The largest absolute Gasteiger partial charge is 0.504 e. The van der Waals surface area contributed by atoms with E-state index < -0.39 is 17.8 Å². The van der Waals surface area contributed by atoms with Crippen molar-refractivity contribution in [2.24, 2.45) is 0 Å². The minimum atomic E-state index is -0.839. The van der Waals surface area contributed by atoms with Gasteiger partial charge in [0.1, 0.15) is 5.57 Å². The lowest BCUT2D eigenvalue weighted by Crippen LogP contribution is -2.54. The second kappa shape index (κ2) is 7.47. The summed E-state index contributed by atoms with van der Waals surface area (Å²) in [7, 11) is 1.39. The molecule has 0 spiro atoms. The quantitative estimate of drug-likeness (QED) is 0.558. The highest BCUT2D eigenvalue weighted by Gasteiger charge is 2.37. The molecule has 0 bridgehead atoms. The van der Waals surface area contributed by atoms with Crippen LogP contribution in [0.15, 0.2) is 40.4 Å². The fourth-order valence-electron chi connectivity index (χ4n) is 2.99. The molecule has 4 amide bonds. The molecule has 0 saturated carbocycles. The first-order chi connectivity index (χ1) is 13.2. The van der Waals surface area contributed by atoms with Gasteiger partial charge in [0, 0.05) is 10.0 Å². The number of aryl methyl sites for hydroxylation is 2. The van der Waals surface area contributed by atoms with Crippen LogP contribution in [0.2, 0.25) is 0 Å². The average molecular weight is 445 g/mol. The Hall–Kier alpha value is -3.13. The maximum absolute atomic E-state index is 13.0. The molecule has 1 saturated heterocycles. The number of barbiturate groups is 1. The van der Waals surface area contributed by atoms with Crippen molar-refractivity contribution in [2.45, 2.75) is 13.8 Å². The topological polar surface area (TPSA) is 95.9 Å². The number of nitrogens with zero attached hydrogens (tertiary/aromatic N) is 1. The van der Waals surface area contributed by atoms with E-state index in [1.807, 2.05) is 19.9 Å². The molecule has 2 aromatic rings. The Kier molecular flexibility index (Phi) is 5.24. The maximum atomic E-state index is 13.0. The van der Waals surface area contributed by atoms with Gasteiger partial charge in [-0.05, 0) is 55.3 Å². The third-order valence-corrected chi connectivity index (χ3v) is 4.61. The highest BCUT2D eigenvalue weighted by Crippen LogP contribution is 2.35. The number of aromatic hydroxyl groups is 1. The molecule has 2 N–H and O–H groups in total. The van der Waals surface area contributed by atoms with E-state index in [0.29, 0.717) is 10.2 Å². The molecule has 1 aliphatic rings. The van der Waals surface area contributed by atoms with Crippen molar-refractivity contribution in [3.63, 3.8) is 0 Å². The molecule has 0 unspecified atom stereocenters. The van der Waals surface area contributed by atoms with E-state index in [-0.39, 0.29) is 22.6 Å². The fourth-order valence-corrected chi connectivity index (χ4v) is 3.44. The number of phenols is 1. The number of carbonyl (C=O) groups is 3. The third-order valence-electron chi connectivity index (χ3n) is 4.16. The molecular formula is C20H17BrN2O5. The van der Waals surface area contributed by atoms with Gasteiger partial charge in [-0.2, -0.15) is 0 Å². The standard InChI is InChI=1S/C20H17BrN2O5/c1-10-4-11(2)6-14(5-10)23-19(26)15(18(25)22-20(23)27)8-12-7-13(21)9-16(28-3)17(12)24/h4-9,24H,1-3H3,(H,22,25,27). The summed E-state index contributed by atoms with van der Waals surface area (Å²) in [6.07, 6.45) is 1.22. The third kappa shape index (κ3) is 3.63. The number of nitrogens with one attached hydrogen (secondary N) is 1. The van der Waals surface area contributed by atoms with Crippen LogP contribution in [0, 0.1) is 13.8 Å². The smallest absolute Gasteiger partial charge is 0.335 e. The second-order valence-corrected chi connectivity index (χ2v) is 7.27. The Balaban J connectivity index is 2.10. The summed E-state index contributed by atoms with van der Waals surface area (Å²) in [5, 5.41) is 12.5. The first-order valence-electron chi connectivity index (χ1n) is 8.27. The van der Waals surface area contributed by atoms with Gasteiger partial charge in [0.2, 0.25) is 0 Å². The van der Waals surface area contributed by atoms with Crippen LogP contribution in [0.5, 0.6) is 11.5 Å².